The van der Waals surface area contributed by atoms with Gasteiger partial charge in [0, 0.05) is 18.9 Å². The lowest BCUT2D eigenvalue weighted by Crippen LogP contribution is -2.47. The van der Waals surface area contributed by atoms with Crippen LogP contribution in [0.3, 0.4) is 0 Å². The van der Waals surface area contributed by atoms with Crippen molar-refractivity contribution in [1.82, 2.24) is 19.9 Å². The maximum Gasteiger partial charge on any atom is 0.275 e. The number of hydrogen-bond donors (Lipinski definition) is 2. The maximum atomic E-state index is 12.4. The molecule has 148 valence electrons. The van der Waals surface area contributed by atoms with E-state index in [0.717, 1.165) is 0 Å². The molecular formula is C19H19N7O3. The predicted molar refractivity (Wildman–Crippen MR) is 105 cm³/mol. The van der Waals surface area contributed by atoms with Gasteiger partial charge < -0.3 is 15.8 Å². The number of carbonyl (C=O) groups excluding carboxylic acids is 2. The van der Waals surface area contributed by atoms with Gasteiger partial charge in [-0.25, -0.2) is 15.0 Å². The van der Waals surface area contributed by atoms with Crippen LogP contribution in [0.5, 0.6) is 5.88 Å². The minimum atomic E-state index is -0.926. The minimum absolute atomic E-state index is 0.0596. The summed E-state index contributed by atoms with van der Waals surface area (Å²) in [5.74, 6) is 2.02. The molecule has 2 amide bonds. The molecule has 0 bridgehead atoms. The normalized spacial score (nSPS) is 18.6. The highest BCUT2D eigenvalue weighted by Gasteiger charge is 2.37. The third-order valence-corrected chi connectivity index (χ3v) is 4.31. The van der Waals surface area contributed by atoms with Crippen molar-refractivity contribution in [3.8, 4) is 18.2 Å². The highest BCUT2D eigenvalue weighted by molar-refractivity contribution is 6.02. The number of hydrogen-bond acceptors (Lipinski definition) is 8. The summed E-state index contributed by atoms with van der Waals surface area (Å²) in [6.07, 6.45) is 9.34. The lowest BCUT2D eigenvalue weighted by Gasteiger charge is -2.32. The Balaban J connectivity index is 1.77. The molecule has 0 aromatic carbocycles. The van der Waals surface area contributed by atoms with Crippen LogP contribution in [0.15, 0.2) is 35.7 Å². The van der Waals surface area contributed by atoms with E-state index < -0.39 is 11.4 Å². The van der Waals surface area contributed by atoms with Gasteiger partial charge in [-0.15, -0.1) is 6.42 Å². The first-order chi connectivity index (χ1) is 13.8. The van der Waals surface area contributed by atoms with Crippen LogP contribution in [0, 0.1) is 12.3 Å². The molecule has 1 atom stereocenters. The molecule has 2 aromatic rings. The molecule has 0 radical (unpaired) electrons. The van der Waals surface area contributed by atoms with Crippen molar-refractivity contribution < 1.29 is 14.3 Å². The number of guanidine groups is 1. The first-order valence-electron chi connectivity index (χ1n) is 8.60. The second kappa shape index (κ2) is 7.93. The van der Waals surface area contributed by atoms with Crippen LogP contribution in [0.25, 0.3) is 0 Å². The van der Waals surface area contributed by atoms with Gasteiger partial charge >= 0.3 is 0 Å². The van der Waals surface area contributed by atoms with E-state index in [9.17, 15) is 9.59 Å². The van der Waals surface area contributed by atoms with Crippen molar-refractivity contribution in [3.05, 3.63) is 42.1 Å². The molecule has 3 N–H and O–H groups in total. The summed E-state index contributed by atoms with van der Waals surface area (Å²) in [5.41, 5.74) is 5.98. The summed E-state index contributed by atoms with van der Waals surface area (Å²) in [4.78, 5) is 42.6. The Morgan fingerprint density at radius 3 is 2.86 bits per heavy atom. The van der Waals surface area contributed by atoms with E-state index >= 15 is 0 Å². The van der Waals surface area contributed by atoms with Crippen LogP contribution < -0.4 is 15.8 Å². The summed E-state index contributed by atoms with van der Waals surface area (Å²) in [7, 11) is 1.56. The van der Waals surface area contributed by atoms with E-state index in [1.165, 1.54) is 23.5 Å². The van der Waals surface area contributed by atoms with Crippen molar-refractivity contribution in [2.75, 3.05) is 19.0 Å². The monoisotopic (exact) mass is 393 g/mol. The standard InChI is InChI=1S/C19H19N7O3/c1-4-7-29-15-11-22-13(10-23-15)17(28)24-12-5-6-21-14(8-12)19(2)9-16(27)26(3)18(20)25-19/h1,5-6,8,10-11H,7,9H2,2-3H3,(H2,20,25)(H,21,24,28). The highest BCUT2D eigenvalue weighted by Crippen LogP contribution is 2.32. The van der Waals surface area contributed by atoms with E-state index in [-0.39, 0.29) is 36.5 Å². The number of nitrogens with zero attached hydrogens (tertiary/aromatic N) is 5. The van der Waals surface area contributed by atoms with Gasteiger partial charge in [-0.3, -0.25) is 19.5 Å². The van der Waals surface area contributed by atoms with Crippen LogP contribution in [0.1, 0.15) is 29.5 Å². The fraction of sp³-hybridized carbons (Fsp3) is 0.263. The summed E-state index contributed by atoms with van der Waals surface area (Å²) in [6, 6.07) is 3.26. The van der Waals surface area contributed by atoms with Crippen LogP contribution in [-0.4, -0.2) is 51.3 Å². The van der Waals surface area contributed by atoms with E-state index in [4.69, 9.17) is 16.9 Å². The second-order valence-electron chi connectivity index (χ2n) is 6.49. The van der Waals surface area contributed by atoms with Gasteiger partial charge in [0.25, 0.3) is 5.91 Å². The largest absolute Gasteiger partial charge is 0.463 e. The summed E-state index contributed by atoms with van der Waals surface area (Å²) < 4.78 is 5.12. The third-order valence-electron chi connectivity index (χ3n) is 4.31. The van der Waals surface area contributed by atoms with Crippen LogP contribution in [0.2, 0.25) is 0 Å². The predicted octanol–water partition coefficient (Wildman–Crippen LogP) is 0.528. The molecule has 10 nitrogen and oxygen atoms in total. The van der Waals surface area contributed by atoms with Crippen LogP contribution in [0.4, 0.5) is 5.69 Å². The number of aromatic nitrogens is 3. The van der Waals surface area contributed by atoms with Crippen LogP contribution >= 0.6 is 0 Å². The number of terminal acetylenes is 1. The Morgan fingerprint density at radius 1 is 1.41 bits per heavy atom. The van der Waals surface area contributed by atoms with Crippen molar-refractivity contribution in [2.24, 2.45) is 10.7 Å². The van der Waals surface area contributed by atoms with E-state index in [1.807, 2.05) is 0 Å². The Morgan fingerprint density at radius 2 is 2.21 bits per heavy atom. The number of nitrogens with two attached hydrogens (primary N) is 1. The van der Waals surface area contributed by atoms with Crippen molar-refractivity contribution in [2.45, 2.75) is 18.9 Å². The van der Waals surface area contributed by atoms with Gasteiger partial charge in [-0.1, -0.05) is 5.92 Å². The quantitative estimate of drug-likeness (QED) is 0.707. The molecule has 10 heteroatoms. The first-order valence-corrected chi connectivity index (χ1v) is 8.60. The lowest BCUT2D eigenvalue weighted by molar-refractivity contribution is -0.128. The Hall–Kier alpha value is -4.00. The summed E-state index contributed by atoms with van der Waals surface area (Å²) in [5, 5.41) is 2.72. The molecule has 0 saturated heterocycles. The van der Waals surface area contributed by atoms with Crippen molar-refractivity contribution >= 4 is 23.5 Å². The second-order valence-corrected chi connectivity index (χ2v) is 6.49. The van der Waals surface area contributed by atoms with Crippen LogP contribution in [-0.2, 0) is 10.3 Å². The zero-order valence-electron chi connectivity index (χ0n) is 15.9. The van der Waals surface area contributed by atoms with Gasteiger partial charge in [-0.05, 0) is 19.1 Å². The molecule has 1 unspecified atom stereocenters. The van der Waals surface area contributed by atoms with Gasteiger partial charge in [-0.2, -0.15) is 0 Å². The molecule has 0 aliphatic carbocycles. The highest BCUT2D eigenvalue weighted by atomic mass is 16.5. The van der Waals surface area contributed by atoms with Gasteiger partial charge in [0.15, 0.2) is 12.6 Å². The average Bonchev–Trinajstić information content (AvgIpc) is 2.71. The number of aliphatic imine (C=N–C) groups is 1. The Labute approximate surface area is 167 Å². The average molecular weight is 393 g/mol. The van der Waals surface area contributed by atoms with E-state index in [2.05, 4.69) is 31.2 Å². The maximum absolute atomic E-state index is 12.4. The molecule has 2 aromatic heterocycles. The first kappa shape index (κ1) is 19.8. The minimum Gasteiger partial charge on any atom is -0.463 e. The summed E-state index contributed by atoms with van der Waals surface area (Å²) >= 11 is 0. The topological polar surface area (TPSA) is 136 Å². The van der Waals surface area contributed by atoms with Crippen molar-refractivity contribution in [3.63, 3.8) is 0 Å². The molecule has 0 spiro atoms. The molecule has 0 fully saturated rings. The van der Waals surface area contributed by atoms with Gasteiger partial charge in [0.2, 0.25) is 11.8 Å². The lowest BCUT2D eigenvalue weighted by atomic mass is 9.91. The number of anilines is 1. The third kappa shape index (κ3) is 4.30. The number of rotatable bonds is 5. The van der Waals surface area contributed by atoms with Gasteiger partial charge in [0.1, 0.15) is 11.2 Å². The van der Waals surface area contributed by atoms with Crippen molar-refractivity contribution in [1.29, 1.82) is 0 Å². The fourth-order valence-electron chi connectivity index (χ4n) is 2.68. The molecule has 3 rings (SSSR count). The van der Waals surface area contributed by atoms with E-state index in [1.54, 1.807) is 26.1 Å². The Bertz CT molecular complexity index is 1010. The molecule has 3 heterocycles. The SMILES string of the molecule is C#CCOc1cnc(C(=O)Nc2ccnc(C3(C)CC(=O)N(C)C(N)=N3)c2)cn1. The number of amides is 2. The molecule has 29 heavy (non-hydrogen) atoms. The number of ether oxygens (including phenoxy) is 1. The fourth-order valence-corrected chi connectivity index (χ4v) is 2.68. The summed E-state index contributed by atoms with van der Waals surface area (Å²) in [6.45, 7) is 1.82. The zero-order chi connectivity index (χ0) is 21.0. The van der Waals surface area contributed by atoms with E-state index in [0.29, 0.717) is 11.4 Å². The Kier molecular flexibility index (Phi) is 5.40. The molecule has 0 saturated carbocycles. The number of pyridine rings is 1. The molecule has 1 aliphatic heterocycles. The zero-order valence-corrected chi connectivity index (χ0v) is 15.9. The van der Waals surface area contributed by atoms with Gasteiger partial charge in [0.05, 0.1) is 24.5 Å². The number of nitrogens with one attached hydrogen (secondary N) is 1. The molecular weight excluding hydrogens is 374 g/mol. The number of carbonyl (C=O) groups is 2. The molecule has 1 aliphatic rings. The smallest absolute Gasteiger partial charge is 0.275 e.